The monoisotopic (exact) mass is 448 g/mol. The van der Waals surface area contributed by atoms with Gasteiger partial charge in [0.05, 0.1) is 7.11 Å². The van der Waals surface area contributed by atoms with Crippen LogP contribution in [0.3, 0.4) is 0 Å². The van der Waals surface area contributed by atoms with E-state index in [-0.39, 0.29) is 16.7 Å². The van der Waals surface area contributed by atoms with E-state index < -0.39 is 0 Å². The highest BCUT2D eigenvalue weighted by atomic mass is 16.5. The smallest absolute Gasteiger partial charge is 0.136 e. The number of hydrogen-bond donors (Lipinski definition) is 0. The molecule has 0 unspecified atom stereocenters. The molecule has 3 fully saturated rings. The number of ketones is 2. The lowest BCUT2D eigenvalue weighted by Crippen LogP contribution is -2.51. The number of ether oxygens (including phenoxy) is 1. The molecule has 3 heteroatoms. The number of rotatable bonds is 6. The highest BCUT2D eigenvalue weighted by molar-refractivity contribution is 5.82. The van der Waals surface area contributed by atoms with Crippen molar-refractivity contribution in [1.29, 1.82) is 0 Å². The van der Waals surface area contributed by atoms with Crippen molar-refractivity contribution in [3.05, 3.63) is 41.5 Å². The molecule has 0 aliphatic heterocycles. The first-order valence-corrected chi connectivity index (χ1v) is 13.2. The number of carbonyl (C=O) groups excluding carboxylic acids is 2. The number of fused-ring (bicyclic) bond motifs is 5. The van der Waals surface area contributed by atoms with Crippen LogP contribution in [0.25, 0.3) is 0 Å². The maximum Gasteiger partial charge on any atom is 0.136 e. The van der Waals surface area contributed by atoms with E-state index in [0.29, 0.717) is 35.7 Å². The first-order chi connectivity index (χ1) is 15.9. The highest BCUT2D eigenvalue weighted by Crippen LogP contribution is 2.67. The molecule has 4 aliphatic rings. The van der Waals surface area contributed by atoms with Crippen LogP contribution in [-0.4, -0.2) is 18.7 Å². The van der Waals surface area contributed by atoms with Gasteiger partial charge in [-0.05, 0) is 111 Å². The van der Waals surface area contributed by atoms with Crippen molar-refractivity contribution < 1.29 is 14.3 Å². The van der Waals surface area contributed by atoms with Crippen LogP contribution >= 0.6 is 0 Å². The minimum absolute atomic E-state index is 0.179. The van der Waals surface area contributed by atoms with Crippen LogP contribution in [0.5, 0.6) is 5.75 Å². The number of hydrogen-bond acceptors (Lipinski definition) is 3. The molecule has 3 saturated carbocycles. The molecule has 33 heavy (non-hydrogen) atoms. The molecule has 0 saturated heterocycles. The van der Waals surface area contributed by atoms with E-state index in [0.717, 1.165) is 50.7 Å². The molecule has 0 spiro atoms. The van der Waals surface area contributed by atoms with Gasteiger partial charge in [0.2, 0.25) is 0 Å². The molecule has 1 aromatic carbocycles. The second kappa shape index (κ2) is 8.71. The van der Waals surface area contributed by atoms with E-state index in [2.05, 4.69) is 31.2 Å². The van der Waals surface area contributed by atoms with Crippen molar-refractivity contribution in [3.8, 4) is 5.75 Å². The van der Waals surface area contributed by atoms with Crippen LogP contribution in [0.4, 0.5) is 0 Å². The Morgan fingerprint density at radius 2 is 2.00 bits per heavy atom. The molecule has 1 aromatic rings. The Labute approximate surface area is 199 Å². The van der Waals surface area contributed by atoms with Gasteiger partial charge in [0.1, 0.15) is 17.3 Å². The number of allylic oxidation sites excluding steroid dienone is 2. The second-order valence-corrected chi connectivity index (χ2v) is 11.7. The minimum atomic E-state index is 0.179. The highest BCUT2D eigenvalue weighted by Gasteiger charge is 2.60. The van der Waals surface area contributed by atoms with Crippen molar-refractivity contribution in [3.63, 3.8) is 0 Å². The average Bonchev–Trinajstić information content (AvgIpc) is 3.19. The summed E-state index contributed by atoms with van der Waals surface area (Å²) in [7, 11) is 1.73. The van der Waals surface area contributed by atoms with Crippen LogP contribution in [0, 0.1) is 34.5 Å². The molecule has 0 N–H and O–H groups in total. The Morgan fingerprint density at radius 3 is 2.79 bits per heavy atom. The zero-order valence-corrected chi connectivity index (χ0v) is 20.7. The summed E-state index contributed by atoms with van der Waals surface area (Å²) in [5.41, 5.74) is 3.15. The zero-order valence-electron chi connectivity index (χ0n) is 20.7. The fraction of sp³-hybridized carbons (Fsp3) is 0.667. The zero-order chi connectivity index (χ0) is 23.2. The topological polar surface area (TPSA) is 43.4 Å². The molecule has 0 heterocycles. The lowest BCUT2D eigenvalue weighted by molar-refractivity contribution is -0.130. The normalized spacial score (nSPS) is 37.5. The van der Waals surface area contributed by atoms with Gasteiger partial charge in [0, 0.05) is 18.8 Å². The van der Waals surface area contributed by atoms with E-state index in [1.54, 1.807) is 7.11 Å². The van der Waals surface area contributed by atoms with Gasteiger partial charge < -0.3 is 4.74 Å². The van der Waals surface area contributed by atoms with Gasteiger partial charge in [-0.15, -0.1) is 0 Å². The summed E-state index contributed by atoms with van der Waals surface area (Å²) in [6.07, 6.45) is 14.1. The minimum Gasteiger partial charge on any atom is -0.497 e. The van der Waals surface area contributed by atoms with Crippen LogP contribution in [-0.2, 0) is 16.0 Å². The Kier molecular flexibility index (Phi) is 6.04. The molecule has 0 radical (unpaired) electrons. The Bertz CT molecular complexity index is 961. The first-order valence-electron chi connectivity index (χ1n) is 13.2. The van der Waals surface area contributed by atoms with Crippen molar-refractivity contribution in [1.82, 2.24) is 0 Å². The van der Waals surface area contributed by atoms with Gasteiger partial charge >= 0.3 is 0 Å². The molecule has 178 valence electrons. The van der Waals surface area contributed by atoms with E-state index in [9.17, 15) is 9.59 Å². The molecule has 0 bridgehead atoms. The summed E-state index contributed by atoms with van der Waals surface area (Å²) < 4.78 is 5.42. The number of methoxy groups -OCH3 is 1. The number of benzene rings is 1. The lowest BCUT2D eigenvalue weighted by atomic mass is 9.46. The van der Waals surface area contributed by atoms with Gasteiger partial charge in [-0.25, -0.2) is 0 Å². The van der Waals surface area contributed by atoms with Gasteiger partial charge in [0.15, 0.2) is 0 Å². The molecule has 6 atom stereocenters. The van der Waals surface area contributed by atoms with E-state index >= 15 is 0 Å². The fourth-order valence-electron chi connectivity index (χ4n) is 8.83. The number of Topliss-reactive ketones (excluding diaryl/α,β-unsaturated/α-hetero) is 2. The molecular formula is C30H40O3. The Hall–Kier alpha value is -1.90. The van der Waals surface area contributed by atoms with E-state index in [1.165, 1.54) is 30.4 Å². The molecule has 5 rings (SSSR count). The van der Waals surface area contributed by atoms with Crippen LogP contribution in [0.2, 0.25) is 0 Å². The maximum absolute atomic E-state index is 12.8. The SMILES string of the molecule is COc1cccc(CCC[C@]23CC[C@@H]4[C@@H](CC=C5CC(=O)CC[C@]54C)[C@@H]2CC[C@@H]3C(C)=O)c1. The van der Waals surface area contributed by atoms with Gasteiger partial charge in [0.25, 0.3) is 0 Å². The maximum atomic E-state index is 12.8. The third-order valence-corrected chi connectivity index (χ3v) is 10.4. The summed E-state index contributed by atoms with van der Waals surface area (Å²) >= 11 is 0. The van der Waals surface area contributed by atoms with Gasteiger partial charge in [-0.1, -0.05) is 30.7 Å². The molecule has 0 amide bonds. The average molecular weight is 449 g/mol. The lowest BCUT2D eigenvalue weighted by Gasteiger charge is -2.58. The summed E-state index contributed by atoms with van der Waals surface area (Å²) in [6, 6.07) is 8.44. The molecule has 4 aliphatic carbocycles. The summed E-state index contributed by atoms with van der Waals surface area (Å²) in [5, 5.41) is 0. The fourth-order valence-corrected chi connectivity index (χ4v) is 8.83. The number of carbonyl (C=O) groups is 2. The predicted molar refractivity (Wildman–Crippen MR) is 131 cm³/mol. The van der Waals surface area contributed by atoms with E-state index in [4.69, 9.17) is 4.74 Å². The largest absolute Gasteiger partial charge is 0.497 e. The Balaban J connectivity index is 1.38. The quantitative estimate of drug-likeness (QED) is 0.453. The Morgan fingerprint density at radius 1 is 1.15 bits per heavy atom. The summed E-state index contributed by atoms with van der Waals surface area (Å²) in [4.78, 5) is 25.0. The summed E-state index contributed by atoms with van der Waals surface area (Å²) in [5.74, 6) is 4.03. The molecule has 0 aromatic heterocycles. The first kappa shape index (κ1) is 22.9. The van der Waals surface area contributed by atoms with Crippen molar-refractivity contribution in [2.75, 3.05) is 7.11 Å². The third-order valence-electron chi connectivity index (χ3n) is 10.4. The van der Waals surface area contributed by atoms with Crippen molar-refractivity contribution >= 4 is 11.6 Å². The van der Waals surface area contributed by atoms with Crippen LogP contribution in [0.1, 0.15) is 83.6 Å². The van der Waals surface area contributed by atoms with Gasteiger partial charge in [-0.3, -0.25) is 9.59 Å². The van der Waals surface area contributed by atoms with Crippen molar-refractivity contribution in [2.45, 2.75) is 84.5 Å². The third kappa shape index (κ3) is 3.80. The van der Waals surface area contributed by atoms with E-state index in [1.807, 2.05) is 13.0 Å². The number of aryl methyl sites for hydroxylation is 1. The standard InChI is InChI=1S/C30H40O3/c1-20(31)26-11-12-28-25-10-9-22-19-23(32)13-16-29(22,2)27(25)14-17-30(26,28)15-5-7-21-6-4-8-24(18-21)33-3/h4,6,8-9,18,25-28H,5,7,10-17,19H2,1-3H3/t25-,26-,27-,28+,29-,30-/m1/s1. The van der Waals surface area contributed by atoms with Gasteiger partial charge in [-0.2, -0.15) is 0 Å². The van der Waals surface area contributed by atoms with Crippen molar-refractivity contribution in [2.24, 2.45) is 34.5 Å². The molecule has 3 nitrogen and oxygen atoms in total. The van der Waals surface area contributed by atoms with Crippen LogP contribution in [0.15, 0.2) is 35.9 Å². The summed E-state index contributed by atoms with van der Waals surface area (Å²) in [6.45, 7) is 4.30. The van der Waals surface area contributed by atoms with Crippen LogP contribution < -0.4 is 4.74 Å². The molecular weight excluding hydrogens is 408 g/mol. The second-order valence-electron chi connectivity index (χ2n) is 11.7. The predicted octanol–water partition coefficient (Wildman–Crippen LogP) is 6.74.